The van der Waals surface area contributed by atoms with E-state index in [0.29, 0.717) is 6.61 Å². The predicted octanol–water partition coefficient (Wildman–Crippen LogP) is 0.360. The van der Waals surface area contributed by atoms with Gasteiger partial charge in [-0.3, -0.25) is 9.69 Å². The molecule has 82 valence electrons. The van der Waals surface area contributed by atoms with Gasteiger partial charge in [0.2, 0.25) is 5.91 Å². The molecular weight excluding hydrogens is 180 g/mol. The molecule has 0 spiro atoms. The van der Waals surface area contributed by atoms with E-state index in [1.807, 2.05) is 13.8 Å². The summed E-state index contributed by atoms with van der Waals surface area (Å²) in [6.45, 7) is 7.59. The first kappa shape index (κ1) is 11.5. The van der Waals surface area contributed by atoms with Gasteiger partial charge in [-0.25, -0.2) is 0 Å². The normalized spacial score (nSPS) is 31.4. The molecule has 0 aromatic carbocycles. The molecule has 0 aromatic rings. The maximum absolute atomic E-state index is 11.2. The van der Waals surface area contributed by atoms with E-state index in [0.717, 1.165) is 13.0 Å². The van der Waals surface area contributed by atoms with Gasteiger partial charge in [-0.15, -0.1) is 0 Å². The molecule has 0 saturated carbocycles. The van der Waals surface area contributed by atoms with Crippen LogP contribution in [-0.2, 0) is 9.53 Å². The highest BCUT2D eigenvalue weighted by atomic mass is 16.5. The van der Waals surface area contributed by atoms with Crippen LogP contribution in [0, 0.1) is 0 Å². The van der Waals surface area contributed by atoms with Crippen LogP contribution in [0.5, 0.6) is 0 Å². The number of carbonyl (C=O) groups is 1. The Labute approximate surface area is 85.4 Å². The Morgan fingerprint density at radius 1 is 1.64 bits per heavy atom. The summed E-state index contributed by atoms with van der Waals surface area (Å²) in [6, 6.07) is 0.123. The van der Waals surface area contributed by atoms with Crippen LogP contribution >= 0.6 is 0 Å². The molecule has 14 heavy (non-hydrogen) atoms. The lowest BCUT2D eigenvalue weighted by Gasteiger charge is -2.41. The van der Waals surface area contributed by atoms with Crippen molar-refractivity contribution in [2.75, 3.05) is 13.2 Å². The van der Waals surface area contributed by atoms with E-state index >= 15 is 0 Å². The number of nitrogens with two attached hydrogens (primary N) is 1. The quantitative estimate of drug-likeness (QED) is 0.715. The van der Waals surface area contributed by atoms with E-state index in [-0.39, 0.29) is 24.1 Å². The number of hydrogen-bond donors (Lipinski definition) is 1. The lowest BCUT2D eigenvalue weighted by atomic mass is 10.1. The third-order valence-corrected chi connectivity index (χ3v) is 3.05. The van der Waals surface area contributed by atoms with Crippen LogP contribution in [0.3, 0.4) is 0 Å². The minimum Gasteiger partial charge on any atom is -0.376 e. The Bertz CT molecular complexity index is 208. The van der Waals surface area contributed by atoms with Crippen molar-refractivity contribution in [2.24, 2.45) is 5.73 Å². The Balaban J connectivity index is 2.68. The zero-order valence-corrected chi connectivity index (χ0v) is 9.19. The minimum atomic E-state index is -0.228. The number of primary amides is 1. The summed E-state index contributed by atoms with van der Waals surface area (Å²) in [4.78, 5) is 13.4. The number of carbonyl (C=O) groups excluding carboxylic acids is 1. The number of ether oxygens (including phenoxy) is 1. The molecule has 1 aliphatic heterocycles. The fourth-order valence-electron chi connectivity index (χ4n) is 2.00. The SMILES string of the molecule is CCC(C(N)=O)N1CCOC(C)C1C. The summed E-state index contributed by atoms with van der Waals surface area (Å²) in [7, 11) is 0. The highest BCUT2D eigenvalue weighted by Crippen LogP contribution is 2.17. The number of rotatable bonds is 3. The van der Waals surface area contributed by atoms with Gasteiger partial charge in [-0.05, 0) is 20.3 Å². The van der Waals surface area contributed by atoms with Gasteiger partial charge in [0.15, 0.2) is 0 Å². The topological polar surface area (TPSA) is 55.6 Å². The zero-order valence-electron chi connectivity index (χ0n) is 9.19. The van der Waals surface area contributed by atoms with Gasteiger partial charge in [-0.2, -0.15) is 0 Å². The molecule has 0 radical (unpaired) electrons. The largest absolute Gasteiger partial charge is 0.376 e. The summed E-state index contributed by atoms with van der Waals surface area (Å²) >= 11 is 0. The molecule has 0 bridgehead atoms. The van der Waals surface area contributed by atoms with Crippen LogP contribution in [0.2, 0.25) is 0 Å². The Kier molecular flexibility index (Phi) is 3.89. The third-order valence-electron chi connectivity index (χ3n) is 3.05. The predicted molar refractivity (Wildman–Crippen MR) is 54.9 cm³/mol. The second-order valence-electron chi connectivity index (χ2n) is 3.88. The number of hydrogen-bond acceptors (Lipinski definition) is 3. The fourth-order valence-corrected chi connectivity index (χ4v) is 2.00. The summed E-state index contributed by atoms with van der Waals surface area (Å²) in [5, 5.41) is 0. The minimum absolute atomic E-state index is 0.142. The Hall–Kier alpha value is -0.610. The second kappa shape index (κ2) is 4.75. The first-order valence-electron chi connectivity index (χ1n) is 5.24. The Morgan fingerprint density at radius 3 is 2.79 bits per heavy atom. The molecule has 0 aromatic heterocycles. The van der Waals surface area contributed by atoms with Gasteiger partial charge in [-0.1, -0.05) is 6.92 Å². The van der Waals surface area contributed by atoms with Crippen molar-refractivity contribution in [1.29, 1.82) is 0 Å². The van der Waals surface area contributed by atoms with E-state index in [4.69, 9.17) is 10.5 Å². The van der Waals surface area contributed by atoms with E-state index in [1.165, 1.54) is 0 Å². The number of morpholine rings is 1. The monoisotopic (exact) mass is 200 g/mol. The van der Waals surface area contributed by atoms with Crippen LogP contribution in [0.1, 0.15) is 27.2 Å². The molecule has 1 heterocycles. The maximum atomic E-state index is 11.2. The average Bonchev–Trinajstić information content (AvgIpc) is 2.13. The molecule has 1 rings (SSSR count). The van der Waals surface area contributed by atoms with Crippen LogP contribution in [0.25, 0.3) is 0 Å². The van der Waals surface area contributed by atoms with Gasteiger partial charge >= 0.3 is 0 Å². The van der Waals surface area contributed by atoms with Crippen LogP contribution < -0.4 is 5.73 Å². The fraction of sp³-hybridized carbons (Fsp3) is 0.900. The summed E-state index contributed by atoms with van der Waals surface area (Å²) in [5.74, 6) is -0.228. The van der Waals surface area contributed by atoms with E-state index < -0.39 is 0 Å². The van der Waals surface area contributed by atoms with Crippen molar-refractivity contribution < 1.29 is 9.53 Å². The van der Waals surface area contributed by atoms with Crippen molar-refractivity contribution in [2.45, 2.75) is 45.4 Å². The van der Waals surface area contributed by atoms with Gasteiger partial charge < -0.3 is 10.5 Å². The van der Waals surface area contributed by atoms with E-state index in [2.05, 4.69) is 11.8 Å². The molecule has 1 amide bonds. The number of nitrogens with zero attached hydrogens (tertiary/aromatic N) is 1. The molecule has 2 N–H and O–H groups in total. The average molecular weight is 200 g/mol. The molecule has 1 aliphatic rings. The van der Waals surface area contributed by atoms with Gasteiger partial charge in [0.05, 0.1) is 18.8 Å². The van der Waals surface area contributed by atoms with Crippen LogP contribution in [0.15, 0.2) is 0 Å². The zero-order chi connectivity index (χ0) is 10.7. The van der Waals surface area contributed by atoms with Crippen molar-refractivity contribution in [1.82, 2.24) is 4.90 Å². The van der Waals surface area contributed by atoms with Gasteiger partial charge in [0.1, 0.15) is 0 Å². The third kappa shape index (κ3) is 2.25. The lowest BCUT2D eigenvalue weighted by Crippen LogP contribution is -2.56. The van der Waals surface area contributed by atoms with Crippen molar-refractivity contribution >= 4 is 5.91 Å². The second-order valence-corrected chi connectivity index (χ2v) is 3.88. The van der Waals surface area contributed by atoms with E-state index in [1.54, 1.807) is 0 Å². The number of amides is 1. The summed E-state index contributed by atoms with van der Waals surface area (Å²) in [6.07, 6.45) is 0.948. The first-order chi connectivity index (χ1) is 6.57. The molecule has 4 heteroatoms. The molecule has 1 saturated heterocycles. The molecular formula is C10H20N2O2. The van der Waals surface area contributed by atoms with Gasteiger partial charge in [0.25, 0.3) is 0 Å². The van der Waals surface area contributed by atoms with Crippen molar-refractivity contribution in [3.8, 4) is 0 Å². The smallest absolute Gasteiger partial charge is 0.234 e. The lowest BCUT2D eigenvalue weighted by molar-refractivity contribution is -0.130. The molecule has 3 atom stereocenters. The standard InChI is InChI=1S/C10H20N2O2/c1-4-9(10(11)13)12-5-6-14-8(3)7(12)2/h7-9H,4-6H2,1-3H3,(H2,11,13). The van der Waals surface area contributed by atoms with Crippen LogP contribution in [-0.4, -0.2) is 42.1 Å². The highest BCUT2D eigenvalue weighted by Gasteiger charge is 2.32. The van der Waals surface area contributed by atoms with E-state index in [9.17, 15) is 4.79 Å². The molecule has 1 fully saturated rings. The van der Waals surface area contributed by atoms with Crippen LogP contribution in [0.4, 0.5) is 0 Å². The molecule has 0 aliphatic carbocycles. The first-order valence-corrected chi connectivity index (χ1v) is 5.24. The summed E-state index contributed by atoms with van der Waals surface area (Å²) in [5.41, 5.74) is 5.36. The summed E-state index contributed by atoms with van der Waals surface area (Å²) < 4.78 is 5.50. The maximum Gasteiger partial charge on any atom is 0.234 e. The van der Waals surface area contributed by atoms with Crippen molar-refractivity contribution in [3.63, 3.8) is 0 Å². The van der Waals surface area contributed by atoms with Gasteiger partial charge in [0, 0.05) is 12.6 Å². The van der Waals surface area contributed by atoms with Crippen molar-refractivity contribution in [3.05, 3.63) is 0 Å². The molecule has 3 unspecified atom stereocenters. The Morgan fingerprint density at radius 2 is 2.29 bits per heavy atom. The molecule has 4 nitrogen and oxygen atoms in total. The highest BCUT2D eigenvalue weighted by molar-refractivity contribution is 5.79.